The molecule has 0 radical (unpaired) electrons. The Labute approximate surface area is 186 Å². The molecular formula is C19H15N5O6S2. The van der Waals surface area contributed by atoms with Gasteiger partial charge in [-0.25, -0.2) is 8.42 Å². The summed E-state index contributed by atoms with van der Waals surface area (Å²) in [6, 6.07) is 7.54. The van der Waals surface area contributed by atoms with Gasteiger partial charge in [0.25, 0.3) is 11.6 Å². The molecule has 0 bridgehead atoms. The van der Waals surface area contributed by atoms with Crippen LogP contribution in [0.5, 0.6) is 0 Å². The van der Waals surface area contributed by atoms with Gasteiger partial charge in [0.1, 0.15) is 11.5 Å². The fourth-order valence-corrected chi connectivity index (χ4v) is 5.09. The number of furan rings is 1. The number of carbonyl (C=O) groups is 1. The summed E-state index contributed by atoms with van der Waals surface area (Å²) in [4.78, 5) is 26.9. The van der Waals surface area contributed by atoms with Crippen LogP contribution in [0.15, 0.2) is 50.4 Å². The number of nitro groups is 1. The van der Waals surface area contributed by atoms with E-state index in [1.54, 1.807) is 25.1 Å². The minimum atomic E-state index is -3.62. The summed E-state index contributed by atoms with van der Waals surface area (Å²) >= 11 is 0.719. The van der Waals surface area contributed by atoms with Crippen molar-refractivity contribution in [3.63, 3.8) is 0 Å². The largest absolute Gasteiger partial charge is 0.457 e. The van der Waals surface area contributed by atoms with Crippen molar-refractivity contribution in [1.82, 2.24) is 5.01 Å². The number of fused-ring (bicyclic) bond motifs is 1. The number of benzene rings is 1. The normalized spacial score (nSPS) is 17.4. The van der Waals surface area contributed by atoms with Gasteiger partial charge in [-0.2, -0.15) is 10.0 Å². The number of hydrogen-bond donors (Lipinski definition) is 1. The number of non-ortho nitro benzene ring substituents is 1. The number of nitrogens with zero attached hydrogens (tertiary/aromatic N) is 4. The first-order valence-corrected chi connectivity index (χ1v) is 11.7. The number of nitrogens with one attached hydrogen (secondary N) is 1. The molecule has 0 spiro atoms. The molecule has 164 valence electrons. The van der Waals surface area contributed by atoms with E-state index in [4.69, 9.17) is 9.83 Å². The summed E-state index contributed by atoms with van der Waals surface area (Å²) in [6.07, 6.45) is 1.30. The summed E-state index contributed by atoms with van der Waals surface area (Å²) in [6.45, 7) is 3.25. The molecule has 1 aromatic heterocycles. The molecule has 0 unspecified atom stereocenters. The Morgan fingerprint density at radius 2 is 2.06 bits per heavy atom. The van der Waals surface area contributed by atoms with E-state index in [0.29, 0.717) is 11.3 Å². The number of nitro benzene ring substituents is 1. The molecule has 0 saturated heterocycles. The van der Waals surface area contributed by atoms with Gasteiger partial charge in [0.05, 0.1) is 16.2 Å². The molecule has 1 N–H and O–H groups in total. The fraction of sp³-hybridized carbons (Fsp3) is 0.158. The third kappa shape index (κ3) is 3.76. The lowest BCUT2D eigenvalue weighted by Gasteiger charge is -2.19. The number of carbonyl (C=O) groups excluding carboxylic acids is 1. The smallest absolute Gasteiger partial charge is 0.283 e. The second-order valence-corrected chi connectivity index (χ2v) is 10.2. The van der Waals surface area contributed by atoms with Crippen molar-refractivity contribution in [1.29, 1.82) is 5.41 Å². The molecular weight excluding hydrogens is 458 g/mol. The van der Waals surface area contributed by atoms with Crippen LogP contribution in [0.3, 0.4) is 0 Å². The van der Waals surface area contributed by atoms with E-state index in [1.807, 2.05) is 0 Å². The second-order valence-electron chi connectivity index (χ2n) is 6.75. The van der Waals surface area contributed by atoms with E-state index < -0.39 is 20.7 Å². The van der Waals surface area contributed by atoms with Crippen LogP contribution >= 0.6 is 11.8 Å². The Kier molecular flexibility index (Phi) is 5.30. The van der Waals surface area contributed by atoms with E-state index in [1.165, 1.54) is 25.1 Å². The summed E-state index contributed by atoms with van der Waals surface area (Å²) in [7, 11) is -3.62. The SMILES string of the molecule is CCS(=O)(=O)C1=NN2C(=N)/C(=C/c3ccc(-c4cc([N+](=O)[O-])ccc4C)o3)C(=O)N=C2S1. The molecule has 2 aliphatic heterocycles. The van der Waals surface area contributed by atoms with Crippen LogP contribution in [0.2, 0.25) is 0 Å². The molecule has 2 aromatic rings. The zero-order valence-corrected chi connectivity index (χ0v) is 18.4. The summed E-state index contributed by atoms with van der Waals surface area (Å²) in [5, 5.41) is 24.3. The summed E-state index contributed by atoms with van der Waals surface area (Å²) < 4.78 is 29.7. The number of hydrazone groups is 1. The van der Waals surface area contributed by atoms with Gasteiger partial charge in [-0.05, 0) is 42.5 Å². The molecule has 1 amide bonds. The number of hydrogen-bond acceptors (Lipinski definition) is 9. The highest BCUT2D eigenvalue weighted by Gasteiger charge is 2.39. The molecule has 4 rings (SSSR count). The highest BCUT2D eigenvalue weighted by Crippen LogP contribution is 2.32. The first-order chi connectivity index (χ1) is 15.1. The van der Waals surface area contributed by atoms with Gasteiger partial charge >= 0.3 is 0 Å². The third-order valence-electron chi connectivity index (χ3n) is 4.69. The highest BCUT2D eigenvalue weighted by molar-refractivity contribution is 8.42. The molecule has 0 aliphatic carbocycles. The molecule has 2 aliphatic rings. The van der Waals surface area contributed by atoms with Crippen molar-refractivity contribution in [3.05, 3.63) is 57.3 Å². The van der Waals surface area contributed by atoms with Crippen LogP contribution in [0.4, 0.5) is 5.69 Å². The summed E-state index contributed by atoms with van der Waals surface area (Å²) in [5.41, 5.74) is 1.05. The first-order valence-electron chi connectivity index (χ1n) is 9.19. The van der Waals surface area contributed by atoms with Crippen LogP contribution in [0.25, 0.3) is 17.4 Å². The van der Waals surface area contributed by atoms with Gasteiger partial charge in [0.2, 0.25) is 19.4 Å². The zero-order chi connectivity index (χ0) is 23.2. The maximum absolute atomic E-state index is 12.5. The highest BCUT2D eigenvalue weighted by atomic mass is 32.3. The predicted molar refractivity (Wildman–Crippen MR) is 120 cm³/mol. The van der Waals surface area contributed by atoms with Crippen molar-refractivity contribution in [2.45, 2.75) is 13.8 Å². The zero-order valence-electron chi connectivity index (χ0n) is 16.7. The van der Waals surface area contributed by atoms with Gasteiger partial charge < -0.3 is 4.42 Å². The number of amidine groups is 2. The number of aliphatic imine (C=N–C) groups is 1. The lowest BCUT2D eigenvalue weighted by molar-refractivity contribution is -0.384. The van der Waals surface area contributed by atoms with Gasteiger partial charge in [0, 0.05) is 17.7 Å². The molecule has 0 saturated carbocycles. The lowest BCUT2D eigenvalue weighted by atomic mass is 10.1. The predicted octanol–water partition coefficient (Wildman–Crippen LogP) is 3.17. The van der Waals surface area contributed by atoms with Crippen LogP contribution in [0.1, 0.15) is 18.2 Å². The molecule has 13 heteroatoms. The van der Waals surface area contributed by atoms with Crippen molar-refractivity contribution < 1.29 is 22.6 Å². The molecule has 3 heterocycles. The number of amides is 1. The van der Waals surface area contributed by atoms with E-state index in [-0.39, 0.29) is 38.2 Å². The van der Waals surface area contributed by atoms with Crippen molar-refractivity contribution in [2.24, 2.45) is 10.1 Å². The van der Waals surface area contributed by atoms with Crippen LogP contribution < -0.4 is 0 Å². The lowest BCUT2D eigenvalue weighted by Crippen LogP contribution is -2.35. The van der Waals surface area contributed by atoms with Crippen LogP contribution in [0, 0.1) is 22.4 Å². The third-order valence-corrected chi connectivity index (χ3v) is 7.78. The standard InChI is InChI=1S/C19H15N5O6S2/c1-3-32(28,29)19-22-23-16(20)14(17(25)21-18(23)31-19)9-12-6-7-15(30-12)13-8-11(24(26)27)5-4-10(13)2/h4-9,20H,3H2,1-2H3/b14-9-,20-16?. The average Bonchev–Trinajstić information content (AvgIpc) is 3.39. The number of sulfone groups is 1. The van der Waals surface area contributed by atoms with E-state index in [2.05, 4.69) is 10.1 Å². The maximum atomic E-state index is 12.5. The Bertz CT molecular complexity index is 1390. The van der Waals surface area contributed by atoms with E-state index in [0.717, 1.165) is 22.3 Å². The minimum absolute atomic E-state index is 0.00321. The summed E-state index contributed by atoms with van der Waals surface area (Å²) in [5.74, 6) is -0.671. The topological polar surface area (TPSA) is 159 Å². The second kappa shape index (κ2) is 7.84. The molecule has 1 aromatic carbocycles. The average molecular weight is 473 g/mol. The van der Waals surface area contributed by atoms with Crippen LogP contribution in [-0.2, 0) is 14.6 Å². The number of aryl methyl sites for hydroxylation is 1. The molecule has 0 atom stereocenters. The maximum Gasteiger partial charge on any atom is 0.283 e. The fourth-order valence-electron chi connectivity index (χ4n) is 2.93. The Morgan fingerprint density at radius 1 is 1.31 bits per heavy atom. The van der Waals surface area contributed by atoms with Crippen molar-refractivity contribution in [2.75, 3.05) is 5.75 Å². The van der Waals surface area contributed by atoms with Gasteiger partial charge in [-0.15, -0.1) is 5.10 Å². The monoisotopic (exact) mass is 473 g/mol. The Hall–Kier alpha value is -3.58. The van der Waals surface area contributed by atoms with Gasteiger partial charge in [-0.3, -0.25) is 20.3 Å². The molecule has 32 heavy (non-hydrogen) atoms. The number of thioether (sulfide) groups is 1. The van der Waals surface area contributed by atoms with E-state index in [9.17, 15) is 23.3 Å². The number of rotatable bonds is 4. The van der Waals surface area contributed by atoms with Crippen LogP contribution in [-0.4, -0.2) is 45.4 Å². The molecule has 0 fully saturated rings. The van der Waals surface area contributed by atoms with Gasteiger partial charge in [0.15, 0.2) is 5.84 Å². The quantitative estimate of drug-likeness (QED) is 0.402. The minimum Gasteiger partial charge on any atom is -0.457 e. The Morgan fingerprint density at radius 3 is 2.75 bits per heavy atom. The van der Waals surface area contributed by atoms with Crippen molar-refractivity contribution in [3.8, 4) is 11.3 Å². The van der Waals surface area contributed by atoms with E-state index >= 15 is 0 Å². The van der Waals surface area contributed by atoms with Crippen molar-refractivity contribution >= 4 is 54.6 Å². The van der Waals surface area contributed by atoms with Gasteiger partial charge in [-0.1, -0.05) is 13.0 Å². The Balaban J connectivity index is 1.67. The first kappa shape index (κ1) is 21.6. The molecule has 11 nitrogen and oxygen atoms in total.